The van der Waals surface area contributed by atoms with Crippen LogP contribution in [0.15, 0.2) is 24.3 Å². The van der Waals surface area contributed by atoms with Crippen LogP contribution in [0.3, 0.4) is 0 Å². The lowest BCUT2D eigenvalue weighted by molar-refractivity contribution is -0.137. The van der Waals surface area contributed by atoms with Crippen molar-refractivity contribution in [2.45, 2.75) is 56.6 Å². The smallest absolute Gasteiger partial charge is 0.306 e. The Kier molecular flexibility index (Phi) is 5.60. The minimum Gasteiger partial charge on any atom is -0.306 e. The lowest BCUT2D eigenvalue weighted by Crippen LogP contribution is -2.36. The van der Waals surface area contributed by atoms with Gasteiger partial charge in [-0.1, -0.05) is 25.5 Å². The van der Waals surface area contributed by atoms with Crippen molar-refractivity contribution in [3.63, 3.8) is 0 Å². The highest BCUT2D eigenvalue weighted by molar-refractivity contribution is 7.99. The summed E-state index contributed by atoms with van der Waals surface area (Å²) in [5, 5.41) is 4.22. The number of alkyl halides is 3. The summed E-state index contributed by atoms with van der Waals surface area (Å²) in [7, 11) is 0. The number of nitrogens with one attached hydrogen (secondary N) is 1. The summed E-state index contributed by atoms with van der Waals surface area (Å²) in [4.78, 5) is 0. The number of thioether (sulfide) groups is 1. The van der Waals surface area contributed by atoms with Crippen LogP contribution in [0.25, 0.3) is 0 Å². The summed E-state index contributed by atoms with van der Waals surface area (Å²) in [6, 6.07) is 6.04. The van der Waals surface area contributed by atoms with E-state index in [0.29, 0.717) is 11.3 Å². The lowest BCUT2D eigenvalue weighted by atomic mass is 10.0. The third-order valence-corrected chi connectivity index (χ3v) is 5.36. The van der Waals surface area contributed by atoms with Gasteiger partial charge in [0, 0.05) is 17.3 Å². The Morgan fingerprint density at radius 3 is 2.48 bits per heavy atom. The van der Waals surface area contributed by atoms with Gasteiger partial charge in [0.2, 0.25) is 0 Å². The van der Waals surface area contributed by atoms with Crippen LogP contribution in [-0.2, 0) is 6.18 Å². The van der Waals surface area contributed by atoms with Crippen LogP contribution in [0.4, 0.5) is 13.2 Å². The van der Waals surface area contributed by atoms with E-state index in [9.17, 15) is 13.2 Å². The molecule has 2 rings (SSSR count). The van der Waals surface area contributed by atoms with Crippen LogP contribution < -0.4 is 5.32 Å². The van der Waals surface area contributed by atoms with E-state index < -0.39 is 11.7 Å². The fraction of sp³-hybridized carbons (Fsp3) is 0.625. The highest BCUT2D eigenvalue weighted by Crippen LogP contribution is 2.32. The van der Waals surface area contributed by atoms with Crippen LogP contribution >= 0.6 is 11.8 Å². The Bertz CT molecular complexity index is 444. The first kappa shape index (κ1) is 16.7. The molecule has 21 heavy (non-hydrogen) atoms. The predicted octanol–water partition coefficient (Wildman–Crippen LogP) is 5.03. The van der Waals surface area contributed by atoms with Gasteiger partial charge in [-0.15, -0.1) is 0 Å². The van der Waals surface area contributed by atoms with Gasteiger partial charge in [-0.2, -0.15) is 24.9 Å². The number of rotatable bonds is 5. The van der Waals surface area contributed by atoms with E-state index in [1.165, 1.54) is 25.0 Å². The van der Waals surface area contributed by atoms with Gasteiger partial charge in [-0.05, 0) is 43.2 Å². The second-order valence-corrected chi connectivity index (χ2v) is 7.06. The Balaban J connectivity index is 1.98. The molecule has 1 aromatic rings. The highest BCUT2D eigenvalue weighted by atomic mass is 32.2. The summed E-state index contributed by atoms with van der Waals surface area (Å²) < 4.78 is 37.7. The molecule has 0 heterocycles. The molecule has 0 aromatic heterocycles. The zero-order valence-corrected chi connectivity index (χ0v) is 13.2. The maximum absolute atomic E-state index is 12.6. The zero-order chi connectivity index (χ0) is 15.5. The van der Waals surface area contributed by atoms with E-state index in [0.717, 1.165) is 17.7 Å². The summed E-state index contributed by atoms with van der Waals surface area (Å²) in [5.41, 5.74) is 0.328. The third-order valence-electron chi connectivity index (χ3n) is 4.04. The van der Waals surface area contributed by atoms with Gasteiger partial charge in [0.1, 0.15) is 0 Å². The van der Waals surface area contributed by atoms with E-state index in [1.807, 2.05) is 18.7 Å². The number of hydrogen-bond donors (Lipinski definition) is 1. The molecule has 0 radical (unpaired) electrons. The molecule has 3 atom stereocenters. The van der Waals surface area contributed by atoms with Crippen molar-refractivity contribution in [1.29, 1.82) is 0 Å². The third kappa shape index (κ3) is 4.39. The fourth-order valence-electron chi connectivity index (χ4n) is 2.91. The average molecular weight is 317 g/mol. The highest BCUT2D eigenvalue weighted by Gasteiger charge is 2.31. The van der Waals surface area contributed by atoms with Crippen molar-refractivity contribution in [1.82, 2.24) is 5.32 Å². The van der Waals surface area contributed by atoms with Crippen molar-refractivity contribution in [2.75, 3.05) is 5.75 Å². The van der Waals surface area contributed by atoms with Crippen LogP contribution in [0.2, 0.25) is 0 Å². The molecule has 3 unspecified atom stereocenters. The molecule has 1 aliphatic carbocycles. The standard InChI is InChI=1S/C16H22F3NS/c1-3-21-15-6-4-5-14(15)20-11(2)12-7-9-13(10-8-12)16(17,18)19/h7-11,14-15,20H,3-6H2,1-2H3. The topological polar surface area (TPSA) is 12.0 Å². The van der Waals surface area contributed by atoms with Crippen LogP contribution in [0.5, 0.6) is 0 Å². The number of halogens is 3. The van der Waals surface area contributed by atoms with E-state index in [4.69, 9.17) is 0 Å². The van der Waals surface area contributed by atoms with Crippen molar-refractivity contribution in [2.24, 2.45) is 0 Å². The zero-order valence-electron chi connectivity index (χ0n) is 12.4. The molecule has 1 aromatic carbocycles. The Morgan fingerprint density at radius 1 is 1.24 bits per heavy atom. The second kappa shape index (κ2) is 7.05. The van der Waals surface area contributed by atoms with Crippen molar-refractivity contribution >= 4 is 11.8 Å². The number of benzene rings is 1. The first-order valence-electron chi connectivity index (χ1n) is 7.46. The summed E-state index contributed by atoms with van der Waals surface area (Å²) >= 11 is 1.98. The minimum atomic E-state index is -4.26. The van der Waals surface area contributed by atoms with Gasteiger partial charge < -0.3 is 5.32 Å². The fourth-order valence-corrected chi connectivity index (χ4v) is 4.12. The molecule has 1 N–H and O–H groups in total. The van der Waals surface area contributed by atoms with Gasteiger partial charge in [0.25, 0.3) is 0 Å². The maximum Gasteiger partial charge on any atom is 0.416 e. The van der Waals surface area contributed by atoms with Gasteiger partial charge >= 0.3 is 6.18 Å². The molecule has 1 aliphatic rings. The van der Waals surface area contributed by atoms with Gasteiger partial charge in [-0.25, -0.2) is 0 Å². The van der Waals surface area contributed by atoms with Crippen molar-refractivity contribution in [3.8, 4) is 0 Å². The molecule has 0 saturated heterocycles. The molecule has 0 spiro atoms. The molecule has 1 saturated carbocycles. The predicted molar refractivity (Wildman–Crippen MR) is 82.6 cm³/mol. The monoisotopic (exact) mass is 317 g/mol. The Hall–Kier alpha value is -0.680. The van der Waals surface area contributed by atoms with Crippen molar-refractivity contribution in [3.05, 3.63) is 35.4 Å². The SMILES string of the molecule is CCSC1CCCC1NC(C)c1ccc(C(F)(F)F)cc1. The van der Waals surface area contributed by atoms with Gasteiger partial charge in [-0.3, -0.25) is 0 Å². The first-order chi connectivity index (χ1) is 9.91. The quantitative estimate of drug-likeness (QED) is 0.817. The largest absolute Gasteiger partial charge is 0.416 e. The van der Waals surface area contributed by atoms with E-state index in [2.05, 4.69) is 12.2 Å². The Labute approximate surface area is 128 Å². The molecule has 5 heteroatoms. The minimum absolute atomic E-state index is 0.0790. The van der Waals surface area contributed by atoms with E-state index in [-0.39, 0.29) is 6.04 Å². The first-order valence-corrected chi connectivity index (χ1v) is 8.51. The maximum atomic E-state index is 12.6. The second-order valence-electron chi connectivity index (χ2n) is 5.54. The van der Waals surface area contributed by atoms with Crippen LogP contribution in [0, 0.1) is 0 Å². The van der Waals surface area contributed by atoms with Gasteiger partial charge in [0.15, 0.2) is 0 Å². The van der Waals surface area contributed by atoms with Crippen LogP contribution in [0.1, 0.15) is 50.3 Å². The summed E-state index contributed by atoms with van der Waals surface area (Å²) in [6.07, 6.45) is -0.642. The number of hydrogen-bond acceptors (Lipinski definition) is 2. The lowest BCUT2D eigenvalue weighted by Gasteiger charge is -2.25. The molecule has 1 fully saturated rings. The molecule has 118 valence electrons. The van der Waals surface area contributed by atoms with E-state index in [1.54, 1.807) is 12.1 Å². The Morgan fingerprint density at radius 2 is 1.90 bits per heavy atom. The summed E-state index contributed by atoms with van der Waals surface area (Å²) in [5.74, 6) is 1.11. The normalized spacial score (nSPS) is 24.2. The molecule has 0 amide bonds. The van der Waals surface area contributed by atoms with E-state index >= 15 is 0 Å². The molecule has 0 aliphatic heterocycles. The van der Waals surface area contributed by atoms with Crippen LogP contribution in [-0.4, -0.2) is 17.0 Å². The molecular weight excluding hydrogens is 295 g/mol. The average Bonchev–Trinajstić information content (AvgIpc) is 2.86. The van der Waals surface area contributed by atoms with Gasteiger partial charge in [0.05, 0.1) is 5.56 Å². The molecule has 1 nitrogen and oxygen atoms in total. The van der Waals surface area contributed by atoms with Crippen molar-refractivity contribution < 1.29 is 13.2 Å². The molecular formula is C16H22F3NS. The summed E-state index contributed by atoms with van der Waals surface area (Å²) in [6.45, 7) is 4.19. The molecule has 0 bridgehead atoms.